The Labute approximate surface area is 154 Å². The number of methoxy groups -OCH3 is 1. The normalized spacial score (nSPS) is 24.3. The SMILES string of the molecule is COc1ccccc1CC(=O)N1C[C@@H]2CC[C@H](Oc3ccccc3)[C@@H]2C1. The molecule has 26 heavy (non-hydrogen) atoms. The maximum atomic E-state index is 12.8. The Hall–Kier alpha value is -2.49. The minimum Gasteiger partial charge on any atom is -0.496 e. The van der Waals surface area contributed by atoms with Gasteiger partial charge in [0.2, 0.25) is 5.91 Å². The molecular weight excluding hydrogens is 326 g/mol. The zero-order valence-corrected chi connectivity index (χ0v) is 15.1. The van der Waals surface area contributed by atoms with Crippen LogP contribution in [0.5, 0.6) is 11.5 Å². The van der Waals surface area contributed by atoms with Crippen LogP contribution in [-0.4, -0.2) is 37.1 Å². The van der Waals surface area contributed by atoms with E-state index in [-0.39, 0.29) is 12.0 Å². The maximum Gasteiger partial charge on any atom is 0.227 e. The van der Waals surface area contributed by atoms with Crippen molar-refractivity contribution >= 4 is 5.91 Å². The van der Waals surface area contributed by atoms with Crippen LogP contribution in [0.1, 0.15) is 18.4 Å². The Kier molecular flexibility index (Phi) is 4.83. The zero-order chi connectivity index (χ0) is 17.9. The molecule has 4 nitrogen and oxygen atoms in total. The molecule has 2 aromatic rings. The first kappa shape index (κ1) is 17.0. The van der Waals surface area contributed by atoms with Crippen molar-refractivity contribution in [2.24, 2.45) is 11.8 Å². The van der Waals surface area contributed by atoms with Crippen molar-refractivity contribution in [3.63, 3.8) is 0 Å². The second-order valence-electron chi connectivity index (χ2n) is 7.26. The van der Waals surface area contributed by atoms with Gasteiger partial charge in [0.15, 0.2) is 0 Å². The van der Waals surface area contributed by atoms with Crippen LogP contribution in [0, 0.1) is 11.8 Å². The van der Waals surface area contributed by atoms with Crippen molar-refractivity contribution in [3.05, 3.63) is 60.2 Å². The largest absolute Gasteiger partial charge is 0.496 e. The first-order valence-corrected chi connectivity index (χ1v) is 9.36. The summed E-state index contributed by atoms with van der Waals surface area (Å²) in [4.78, 5) is 14.8. The summed E-state index contributed by atoms with van der Waals surface area (Å²) >= 11 is 0. The molecule has 3 atom stereocenters. The summed E-state index contributed by atoms with van der Waals surface area (Å²) in [6.45, 7) is 1.66. The first-order chi connectivity index (χ1) is 12.7. The van der Waals surface area contributed by atoms with Crippen molar-refractivity contribution in [2.75, 3.05) is 20.2 Å². The van der Waals surface area contributed by atoms with Gasteiger partial charge in [0.25, 0.3) is 0 Å². The van der Waals surface area contributed by atoms with Gasteiger partial charge < -0.3 is 14.4 Å². The third kappa shape index (κ3) is 3.41. The molecular formula is C22H25NO3. The molecule has 1 heterocycles. The van der Waals surface area contributed by atoms with E-state index in [1.807, 2.05) is 59.5 Å². The van der Waals surface area contributed by atoms with Crippen LogP contribution < -0.4 is 9.47 Å². The zero-order valence-electron chi connectivity index (χ0n) is 15.1. The second kappa shape index (κ2) is 7.40. The molecule has 4 heteroatoms. The Morgan fingerprint density at radius 2 is 1.81 bits per heavy atom. The average molecular weight is 351 g/mol. The summed E-state index contributed by atoms with van der Waals surface area (Å²) in [5.41, 5.74) is 0.953. The fraction of sp³-hybridized carbons (Fsp3) is 0.409. The van der Waals surface area contributed by atoms with Gasteiger partial charge in [0.05, 0.1) is 13.5 Å². The molecule has 0 bridgehead atoms. The monoisotopic (exact) mass is 351 g/mol. The van der Waals surface area contributed by atoms with Gasteiger partial charge in [-0.25, -0.2) is 0 Å². The summed E-state index contributed by atoms with van der Waals surface area (Å²) in [6.07, 6.45) is 2.83. The highest BCUT2D eigenvalue weighted by Gasteiger charge is 2.45. The molecule has 2 aliphatic rings. The van der Waals surface area contributed by atoms with Gasteiger partial charge in [-0.15, -0.1) is 0 Å². The topological polar surface area (TPSA) is 38.8 Å². The Balaban J connectivity index is 1.39. The van der Waals surface area contributed by atoms with E-state index in [2.05, 4.69) is 0 Å². The van der Waals surface area contributed by atoms with Gasteiger partial charge in [-0.3, -0.25) is 4.79 Å². The number of nitrogens with zero attached hydrogens (tertiary/aromatic N) is 1. The molecule has 1 saturated carbocycles. The molecule has 1 saturated heterocycles. The molecule has 0 unspecified atom stereocenters. The Morgan fingerprint density at radius 1 is 1.04 bits per heavy atom. The quantitative estimate of drug-likeness (QED) is 0.827. The fourth-order valence-electron chi connectivity index (χ4n) is 4.36. The summed E-state index contributed by atoms with van der Waals surface area (Å²) in [5, 5.41) is 0. The molecule has 2 aromatic carbocycles. The van der Waals surface area contributed by atoms with E-state index in [0.29, 0.717) is 18.3 Å². The van der Waals surface area contributed by atoms with Crippen LogP contribution in [0.2, 0.25) is 0 Å². The van der Waals surface area contributed by atoms with Crippen molar-refractivity contribution in [3.8, 4) is 11.5 Å². The minimum atomic E-state index is 0.183. The van der Waals surface area contributed by atoms with Crippen molar-refractivity contribution < 1.29 is 14.3 Å². The number of carbonyl (C=O) groups is 1. The number of carbonyl (C=O) groups excluding carboxylic acids is 1. The van der Waals surface area contributed by atoms with Crippen molar-refractivity contribution in [1.82, 2.24) is 4.90 Å². The summed E-state index contributed by atoms with van der Waals surface area (Å²) < 4.78 is 11.6. The van der Waals surface area contributed by atoms with E-state index in [0.717, 1.165) is 43.0 Å². The van der Waals surface area contributed by atoms with Crippen molar-refractivity contribution in [1.29, 1.82) is 0 Å². The van der Waals surface area contributed by atoms with Gasteiger partial charge >= 0.3 is 0 Å². The van der Waals surface area contributed by atoms with Crippen LogP contribution in [0.4, 0.5) is 0 Å². The lowest BCUT2D eigenvalue weighted by atomic mass is 9.99. The first-order valence-electron chi connectivity index (χ1n) is 9.36. The molecule has 1 amide bonds. The highest BCUT2D eigenvalue weighted by atomic mass is 16.5. The number of fused-ring (bicyclic) bond motifs is 1. The van der Waals surface area contributed by atoms with Gasteiger partial charge in [0.1, 0.15) is 17.6 Å². The van der Waals surface area contributed by atoms with E-state index in [9.17, 15) is 4.79 Å². The molecule has 1 aliphatic carbocycles. The van der Waals surface area contributed by atoms with Gasteiger partial charge in [-0.1, -0.05) is 36.4 Å². The summed E-state index contributed by atoms with van der Waals surface area (Å²) in [7, 11) is 1.65. The van der Waals surface area contributed by atoms with E-state index in [4.69, 9.17) is 9.47 Å². The van der Waals surface area contributed by atoms with Crippen LogP contribution in [0.15, 0.2) is 54.6 Å². The third-order valence-corrected chi connectivity index (χ3v) is 5.71. The number of hydrogen-bond donors (Lipinski definition) is 0. The number of hydrogen-bond acceptors (Lipinski definition) is 3. The van der Waals surface area contributed by atoms with E-state index in [1.54, 1.807) is 7.11 Å². The molecule has 0 aromatic heterocycles. The lowest BCUT2D eigenvalue weighted by Gasteiger charge is -2.22. The molecule has 1 aliphatic heterocycles. The standard InChI is InChI=1S/C22H25NO3/c1-25-20-10-6-5-7-16(20)13-22(24)23-14-17-11-12-21(19(17)15-23)26-18-8-3-2-4-9-18/h2-10,17,19,21H,11-15H2,1H3/t17-,19+,21-/m0/s1. The van der Waals surface area contributed by atoms with Gasteiger partial charge in [-0.05, 0) is 37.0 Å². The maximum absolute atomic E-state index is 12.8. The summed E-state index contributed by atoms with van der Waals surface area (Å²) in [6, 6.07) is 17.8. The molecule has 0 radical (unpaired) electrons. The number of benzene rings is 2. The summed E-state index contributed by atoms with van der Waals surface area (Å²) in [5.74, 6) is 2.90. The predicted octanol–water partition coefficient (Wildman–Crippen LogP) is 3.55. The number of ether oxygens (including phenoxy) is 2. The van der Waals surface area contributed by atoms with E-state index in [1.165, 1.54) is 0 Å². The highest BCUT2D eigenvalue weighted by molar-refractivity contribution is 5.79. The number of para-hydroxylation sites is 2. The number of likely N-dealkylation sites (tertiary alicyclic amines) is 1. The van der Waals surface area contributed by atoms with Gasteiger partial charge in [0, 0.05) is 24.6 Å². The van der Waals surface area contributed by atoms with Crippen molar-refractivity contribution in [2.45, 2.75) is 25.4 Å². The second-order valence-corrected chi connectivity index (χ2v) is 7.26. The molecule has 136 valence electrons. The lowest BCUT2D eigenvalue weighted by molar-refractivity contribution is -0.129. The Morgan fingerprint density at radius 3 is 2.62 bits per heavy atom. The lowest BCUT2D eigenvalue weighted by Crippen LogP contribution is -2.33. The third-order valence-electron chi connectivity index (χ3n) is 5.71. The molecule has 0 spiro atoms. The number of amides is 1. The fourth-order valence-corrected chi connectivity index (χ4v) is 4.36. The van der Waals surface area contributed by atoms with Crippen LogP contribution in [-0.2, 0) is 11.2 Å². The molecule has 4 rings (SSSR count). The van der Waals surface area contributed by atoms with Gasteiger partial charge in [-0.2, -0.15) is 0 Å². The van der Waals surface area contributed by atoms with E-state index < -0.39 is 0 Å². The molecule has 0 N–H and O–H groups in total. The highest BCUT2D eigenvalue weighted by Crippen LogP contribution is 2.40. The Bertz CT molecular complexity index is 761. The smallest absolute Gasteiger partial charge is 0.227 e. The number of rotatable bonds is 5. The molecule has 2 fully saturated rings. The minimum absolute atomic E-state index is 0.183. The average Bonchev–Trinajstić information content (AvgIpc) is 3.25. The predicted molar refractivity (Wildman–Crippen MR) is 100 cm³/mol. The van der Waals surface area contributed by atoms with Crippen LogP contribution in [0.3, 0.4) is 0 Å². The van der Waals surface area contributed by atoms with E-state index >= 15 is 0 Å². The van der Waals surface area contributed by atoms with Crippen LogP contribution in [0.25, 0.3) is 0 Å². The van der Waals surface area contributed by atoms with Crippen LogP contribution >= 0.6 is 0 Å².